The number of ketones is 1. The van der Waals surface area contributed by atoms with Gasteiger partial charge >= 0.3 is 0 Å². The first kappa shape index (κ1) is 14.2. The lowest BCUT2D eigenvalue weighted by Gasteiger charge is -2.11. The number of fused-ring (bicyclic) bond motifs is 1. The average Bonchev–Trinajstić information content (AvgIpc) is 2.84. The molecule has 0 amide bonds. The Morgan fingerprint density at radius 2 is 1.95 bits per heavy atom. The molecule has 1 aliphatic rings. The minimum atomic E-state index is 0.304. The van der Waals surface area contributed by atoms with Gasteiger partial charge in [-0.05, 0) is 36.9 Å². The molecule has 3 heteroatoms. The summed E-state index contributed by atoms with van der Waals surface area (Å²) in [6, 6.07) is 9.19. The molecular weight excluding hydrogens is 238 g/mol. The summed E-state index contributed by atoms with van der Waals surface area (Å²) < 4.78 is 4.90. The molecule has 0 aromatic heterocycles. The molecule has 3 nitrogen and oxygen atoms in total. The highest BCUT2D eigenvalue weighted by molar-refractivity contribution is 5.78. The predicted octanol–water partition coefficient (Wildman–Crippen LogP) is 2.13. The second kappa shape index (κ2) is 7.41. The molecule has 0 saturated carbocycles. The van der Waals surface area contributed by atoms with Crippen molar-refractivity contribution in [3.05, 3.63) is 35.4 Å². The molecule has 0 fully saturated rings. The smallest absolute Gasteiger partial charge is 0.135 e. The molecule has 2 rings (SSSR count). The zero-order valence-electron chi connectivity index (χ0n) is 11.7. The van der Waals surface area contributed by atoms with Crippen LogP contribution >= 0.6 is 0 Å². The second-order valence-corrected chi connectivity index (χ2v) is 5.21. The van der Waals surface area contributed by atoms with E-state index in [2.05, 4.69) is 29.6 Å². The van der Waals surface area contributed by atoms with Gasteiger partial charge in [0, 0.05) is 26.0 Å². The van der Waals surface area contributed by atoms with E-state index >= 15 is 0 Å². The number of methoxy groups -OCH3 is 1. The zero-order chi connectivity index (χ0) is 13.5. The molecular formula is C16H23NO2. The van der Waals surface area contributed by atoms with Crippen LogP contribution in [0.3, 0.4) is 0 Å². The summed E-state index contributed by atoms with van der Waals surface area (Å²) in [6.45, 7) is 1.47. The molecule has 0 radical (unpaired) electrons. The van der Waals surface area contributed by atoms with Gasteiger partial charge in [-0.1, -0.05) is 24.3 Å². The quantitative estimate of drug-likeness (QED) is 0.729. The van der Waals surface area contributed by atoms with Crippen molar-refractivity contribution in [3.8, 4) is 0 Å². The van der Waals surface area contributed by atoms with Gasteiger partial charge < -0.3 is 10.1 Å². The molecule has 0 bridgehead atoms. The summed E-state index contributed by atoms with van der Waals surface area (Å²) in [4.78, 5) is 11.5. The van der Waals surface area contributed by atoms with Crippen LogP contribution in [-0.2, 0) is 22.4 Å². The van der Waals surface area contributed by atoms with Crippen molar-refractivity contribution in [1.29, 1.82) is 0 Å². The molecule has 1 aliphatic carbocycles. The Morgan fingerprint density at radius 1 is 1.26 bits per heavy atom. The summed E-state index contributed by atoms with van der Waals surface area (Å²) >= 11 is 0. The monoisotopic (exact) mass is 261 g/mol. The first-order valence-corrected chi connectivity index (χ1v) is 7.10. The lowest BCUT2D eigenvalue weighted by molar-refractivity contribution is -0.120. The van der Waals surface area contributed by atoms with Crippen molar-refractivity contribution < 1.29 is 9.53 Å². The standard InChI is InChI=1S/C16H23NO2/c1-19-10-8-16(18)7-4-9-17-15-11-13-5-2-3-6-14(13)12-15/h2-3,5-6,15,17H,4,7-12H2,1H3. The molecule has 1 aromatic rings. The van der Waals surface area contributed by atoms with Crippen LogP contribution in [0.15, 0.2) is 24.3 Å². The van der Waals surface area contributed by atoms with Crippen molar-refractivity contribution >= 4 is 5.78 Å². The summed E-state index contributed by atoms with van der Waals surface area (Å²) in [5.41, 5.74) is 2.94. The first-order chi connectivity index (χ1) is 9.29. The van der Waals surface area contributed by atoms with Crippen molar-refractivity contribution in [2.75, 3.05) is 20.3 Å². The number of carbonyl (C=O) groups excluding carboxylic acids is 1. The maximum atomic E-state index is 11.5. The topological polar surface area (TPSA) is 38.3 Å². The van der Waals surface area contributed by atoms with E-state index in [1.807, 2.05) is 0 Å². The van der Waals surface area contributed by atoms with E-state index in [9.17, 15) is 4.79 Å². The summed E-state index contributed by atoms with van der Waals surface area (Å²) in [6.07, 6.45) is 4.37. The van der Waals surface area contributed by atoms with Crippen molar-refractivity contribution in [2.24, 2.45) is 0 Å². The number of carbonyl (C=O) groups is 1. The predicted molar refractivity (Wildman–Crippen MR) is 76.4 cm³/mol. The number of hydrogen-bond acceptors (Lipinski definition) is 3. The third-order valence-electron chi connectivity index (χ3n) is 3.70. The molecule has 19 heavy (non-hydrogen) atoms. The Balaban J connectivity index is 1.59. The lowest BCUT2D eigenvalue weighted by Crippen LogP contribution is -2.30. The lowest BCUT2D eigenvalue weighted by atomic mass is 10.1. The molecule has 0 aliphatic heterocycles. The number of hydrogen-bond donors (Lipinski definition) is 1. The Morgan fingerprint density at radius 3 is 2.58 bits per heavy atom. The number of rotatable bonds is 8. The Kier molecular flexibility index (Phi) is 5.55. The first-order valence-electron chi connectivity index (χ1n) is 7.10. The SMILES string of the molecule is COCCC(=O)CCCNC1Cc2ccccc2C1. The largest absolute Gasteiger partial charge is 0.384 e. The van der Waals surface area contributed by atoms with Crippen LogP contribution in [0.4, 0.5) is 0 Å². The Labute approximate surface area is 115 Å². The highest BCUT2D eigenvalue weighted by Gasteiger charge is 2.19. The summed E-state index contributed by atoms with van der Waals surface area (Å²) in [5.74, 6) is 0.304. The van der Waals surface area contributed by atoms with Gasteiger partial charge in [0.1, 0.15) is 5.78 Å². The average molecular weight is 261 g/mol. The van der Waals surface area contributed by atoms with Gasteiger partial charge in [0.2, 0.25) is 0 Å². The minimum Gasteiger partial charge on any atom is -0.384 e. The Bertz CT molecular complexity index is 392. The van der Waals surface area contributed by atoms with Gasteiger partial charge in [0.05, 0.1) is 6.61 Å². The second-order valence-electron chi connectivity index (χ2n) is 5.21. The highest BCUT2D eigenvalue weighted by Crippen LogP contribution is 2.21. The van der Waals surface area contributed by atoms with E-state index in [0.717, 1.165) is 25.8 Å². The van der Waals surface area contributed by atoms with Crippen LogP contribution in [0.1, 0.15) is 30.4 Å². The van der Waals surface area contributed by atoms with E-state index in [-0.39, 0.29) is 0 Å². The van der Waals surface area contributed by atoms with Gasteiger partial charge in [0.25, 0.3) is 0 Å². The van der Waals surface area contributed by atoms with Gasteiger partial charge in [0.15, 0.2) is 0 Å². The molecule has 1 aromatic carbocycles. The summed E-state index contributed by atoms with van der Waals surface area (Å²) in [7, 11) is 1.63. The molecule has 0 saturated heterocycles. The van der Waals surface area contributed by atoms with E-state index in [1.165, 1.54) is 11.1 Å². The maximum absolute atomic E-state index is 11.5. The van der Waals surface area contributed by atoms with E-state index in [0.29, 0.717) is 31.3 Å². The third-order valence-corrected chi connectivity index (χ3v) is 3.70. The molecule has 0 heterocycles. The normalized spacial score (nSPS) is 14.6. The zero-order valence-corrected chi connectivity index (χ0v) is 11.7. The summed E-state index contributed by atoms with van der Waals surface area (Å²) in [5, 5.41) is 3.56. The van der Waals surface area contributed by atoms with Crippen molar-refractivity contribution in [2.45, 2.75) is 38.1 Å². The number of ether oxygens (including phenoxy) is 1. The van der Waals surface area contributed by atoms with E-state index in [4.69, 9.17) is 4.74 Å². The van der Waals surface area contributed by atoms with E-state index < -0.39 is 0 Å². The fraction of sp³-hybridized carbons (Fsp3) is 0.562. The molecule has 1 N–H and O–H groups in total. The van der Waals surface area contributed by atoms with Crippen LogP contribution in [0.25, 0.3) is 0 Å². The van der Waals surface area contributed by atoms with Gasteiger partial charge in [-0.25, -0.2) is 0 Å². The third kappa shape index (κ3) is 4.44. The van der Waals surface area contributed by atoms with Crippen molar-refractivity contribution in [3.63, 3.8) is 0 Å². The van der Waals surface area contributed by atoms with Gasteiger partial charge in [-0.15, -0.1) is 0 Å². The number of Topliss-reactive ketones (excluding diaryl/α,β-unsaturated/α-hetero) is 1. The number of benzene rings is 1. The van der Waals surface area contributed by atoms with Crippen LogP contribution in [0.2, 0.25) is 0 Å². The Hall–Kier alpha value is -1.19. The molecule has 0 spiro atoms. The van der Waals surface area contributed by atoms with Crippen LogP contribution in [0, 0.1) is 0 Å². The molecule has 0 atom stereocenters. The number of nitrogens with one attached hydrogen (secondary N) is 1. The van der Waals surface area contributed by atoms with Gasteiger partial charge in [-0.2, -0.15) is 0 Å². The minimum absolute atomic E-state index is 0.304. The van der Waals surface area contributed by atoms with E-state index in [1.54, 1.807) is 7.11 Å². The van der Waals surface area contributed by atoms with Crippen LogP contribution < -0.4 is 5.32 Å². The van der Waals surface area contributed by atoms with Gasteiger partial charge in [-0.3, -0.25) is 4.79 Å². The van der Waals surface area contributed by atoms with Crippen molar-refractivity contribution in [1.82, 2.24) is 5.32 Å². The molecule has 0 unspecified atom stereocenters. The fourth-order valence-electron chi connectivity index (χ4n) is 2.64. The van der Waals surface area contributed by atoms with Crippen LogP contribution in [-0.4, -0.2) is 32.1 Å². The molecule has 104 valence electrons. The van der Waals surface area contributed by atoms with Crippen LogP contribution in [0.5, 0.6) is 0 Å². The highest BCUT2D eigenvalue weighted by atomic mass is 16.5. The maximum Gasteiger partial charge on any atom is 0.135 e. The fourth-order valence-corrected chi connectivity index (χ4v) is 2.64.